The normalized spacial score (nSPS) is 27.2. The Bertz CT molecular complexity index is 615. The van der Waals surface area contributed by atoms with Gasteiger partial charge in [-0.25, -0.2) is 0 Å². The molecule has 1 heterocycles. The van der Waals surface area contributed by atoms with Crippen LogP contribution < -0.4 is 0 Å². The summed E-state index contributed by atoms with van der Waals surface area (Å²) in [6.45, 7) is 2.95. The number of halogens is 3. The third-order valence-electron chi connectivity index (χ3n) is 7.26. The van der Waals surface area contributed by atoms with Crippen LogP contribution in [0.1, 0.15) is 81.4 Å². The van der Waals surface area contributed by atoms with Crippen LogP contribution in [0.25, 0.3) is 0 Å². The Morgan fingerprint density at radius 1 is 0.793 bits per heavy atom. The highest BCUT2D eigenvalue weighted by Crippen LogP contribution is 2.38. The lowest BCUT2D eigenvalue weighted by Gasteiger charge is -2.42. The van der Waals surface area contributed by atoms with Crippen molar-refractivity contribution in [3.8, 4) is 0 Å². The zero-order chi connectivity index (χ0) is 20.3. The van der Waals surface area contributed by atoms with Gasteiger partial charge in [0.1, 0.15) is 0 Å². The monoisotopic (exact) mass is 409 g/mol. The van der Waals surface area contributed by atoms with Gasteiger partial charge in [-0.15, -0.1) is 0 Å². The largest absolute Gasteiger partial charge is 0.416 e. The molecular formula is C24H34F3NO. The first kappa shape index (κ1) is 21.2. The second kappa shape index (κ2) is 9.38. The minimum atomic E-state index is -4.29. The van der Waals surface area contributed by atoms with Crippen molar-refractivity contribution in [1.29, 1.82) is 0 Å². The predicted octanol–water partition coefficient (Wildman–Crippen LogP) is 6.61. The van der Waals surface area contributed by atoms with E-state index in [2.05, 4.69) is 4.90 Å². The van der Waals surface area contributed by atoms with Gasteiger partial charge in [-0.1, -0.05) is 37.8 Å². The summed E-state index contributed by atoms with van der Waals surface area (Å²) >= 11 is 0. The highest BCUT2D eigenvalue weighted by Gasteiger charge is 2.36. The number of nitrogens with zero attached hydrogens (tertiary/aromatic N) is 1. The molecule has 0 amide bonds. The highest BCUT2D eigenvalue weighted by atomic mass is 19.4. The molecule has 3 fully saturated rings. The van der Waals surface area contributed by atoms with Gasteiger partial charge in [0.05, 0.1) is 11.7 Å². The van der Waals surface area contributed by atoms with E-state index in [1.54, 1.807) is 12.1 Å². The number of alkyl halides is 3. The van der Waals surface area contributed by atoms with Crippen molar-refractivity contribution in [3.05, 3.63) is 35.4 Å². The Morgan fingerprint density at radius 2 is 1.34 bits per heavy atom. The van der Waals surface area contributed by atoms with Crippen LogP contribution in [0.3, 0.4) is 0 Å². The van der Waals surface area contributed by atoms with E-state index in [0.29, 0.717) is 6.61 Å². The van der Waals surface area contributed by atoms with Crippen molar-refractivity contribution in [2.24, 2.45) is 11.8 Å². The van der Waals surface area contributed by atoms with Crippen LogP contribution >= 0.6 is 0 Å². The Balaban J connectivity index is 1.53. The molecule has 1 saturated heterocycles. The van der Waals surface area contributed by atoms with Crippen LogP contribution in [0, 0.1) is 11.8 Å². The van der Waals surface area contributed by atoms with E-state index in [4.69, 9.17) is 4.74 Å². The SMILES string of the molecule is FC(F)(F)c1ccc([C@@H]2OCCC[C@H]2N(CC2CCCC2)CC2CCCC2)cc1. The lowest BCUT2D eigenvalue weighted by Crippen LogP contribution is -2.46. The van der Waals surface area contributed by atoms with Gasteiger partial charge in [0.15, 0.2) is 0 Å². The molecule has 1 aliphatic heterocycles. The molecule has 0 radical (unpaired) electrons. The Labute approximate surface area is 172 Å². The highest BCUT2D eigenvalue weighted by molar-refractivity contribution is 5.27. The maximum absolute atomic E-state index is 13.0. The summed E-state index contributed by atoms with van der Waals surface area (Å²) in [6, 6.07) is 5.97. The molecule has 3 aliphatic rings. The minimum Gasteiger partial charge on any atom is -0.372 e. The van der Waals surface area contributed by atoms with E-state index in [9.17, 15) is 13.2 Å². The number of hydrogen-bond acceptors (Lipinski definition) is 2. The van der Waals surface area contributed by atoms with E-state index in [1.165, 1.54) is 63.5 Å². The Hall–Kier alpha value is -1.07. The number of rotatable bonds is 6. The van der Waals surface area contributed by atoms with Gasteiger partial charge in [0.2, 0.25) is 0 Å². The fourth-order valence-corrected chi connectivity index (χ4v) is 5.71. The van der Waals surface area contributed by atoms with Crippen LogP contribution in [0.5, 0.6) is 0 Å². The van der Waals surface area contributed by atoms with Gasteiger partial charge < -0.3 is 4.74 Å². The van der Waals surface area contributed by atoms with Gasteiger partial charge in [-0.2, -0.15) is 13.2 Å². The lowest BCUT2D eigenvalue weighted by atomic mass is 9.91. The lowest BCUT2D eigenvalue weighted by molar-refractivity contribution is -0.137. The topological polar surface area (TPSA) is 12.5 Å². The molecule has 0 N–H and O–H groups in total. The number of benzene rings is 1. The van der Waals surface area contributed by atoms with Gasteiger partial charge in [-0.3, -0.25) is 4.90 Å². The first-order valence-corrected chi connectivity index (χ1v) is 11.5. The molecule has 2 atom stereocenters. The summed E-state index contributed by atoms with van der Waals surface area (Å²) in [5.74, 6) is 1.54. The van der Waals surface area contributed by atoms with Crippen LogP contribution in [-0.2, 0) is 10.9 Å². The average Bonchev–Trinajstić information content (AvgIpc) is 3.41. The van der Waals surface area contributed by atoms with Crippen molar-refractivity contribution < 1.29 is 17.9 Å². The fourth-order valence-electron chi connectivity index (χ4n) is 5.71. The second-order valence-corrected chi connectivity index (χ2v) is 9.38. The molecule has 0 aromatic heterocycles. The van der Waals surface area contributed by atoms with E-state index < -0.39 is 11.7 Å². The standard InChI is InChI=1S/C24H34F3NO/c25-24(26,27)21-13-11-20(12-14-21)23-22(10-5-15-29-23)28(16-18-6-1-2-7-18)17-19-8-3-4-9-19/h11-14,18-19,22-23H,1-10,15-17H2/t22-,23+/m1/s1. The molecule has 29 heavy (non-hydrogen) atoms. The van der Waals surface area contributed by atoms with Gasteiger partial charge in [0.25, 0.3) is 0 Å². The van der Waals surface area contributed by atoms with Gasteiger partial charge in [0, 0.05) is 25.7 Å². The smallest absolute Gasteiger partial charge is 0.372 e. The van der Waals surface area contributed by atoms with E-state index >= 15 is 0 Å². The van der Waals surface area contributed by atoms with E-state index in [-0.39, 0.29) is 12.1 Å². The molecule has 0 spiro atoms. The maximum atomic E-state index is 13.0. The molecule has 162 valence electrons. The molecule has 2 aliphatic carbocycles. The predicted molar refractivity (Wildman–Crippen MR) is 109 cm³/mol. The molecule has 2 saturated carbocycles. The molecule has 2 nitrogen and oxygen atoms in total. The number of hydrogen-bond donors (Lipinski definition) is 0. The summed E-state index contributed by atoms with van der Waals surface area (Å²) in [7, 11) is 0. The molecule has 1 aromatic rings. The van der Waals surface area contributed by atoms with Crippen molar-refractivity contribution >= 4 is 0 Å². The van der Waals surface area contributed by atoms with Crippen molar-refractivity contribution in [1.82, 2.24) is 4.90 Å². The summed E-state index contributed by atoms with van der Waals surface area (Å²) in [4.78, 5) is 2.67. The molecule has 0 unspecified atom stereocenters. The minimum absolute atomic E-state index is 0.117. The maximum Gasteiger partial charge on any atom is 0.416 e. The van der Waals surface area contributed by atoms with Crippen LogP contribution in [0.2, 0.25) is 0 Å². The van der Waals surface area contributed by atoms with Crippen LogP contribution in [-0.4, -0.2) is 30.6 Å². The molecule has 4 rings (SSSR count). The van der Waals surface area contributed by atoms with Gasteiger partial charge >= 0.3 is 6.18 Å². The van der Waals surface area contributed by atoms with Gasteiger partial charge in [-0.05, 0) is 68.1 Å². The summed E-state index contributed by atoms with van der Waals surface area (Å²) in [5.41, 5.74) is 0.313. The van der Waals surface area contributed by atoms with Crippen molar-refractivity contribution in [2.75, 3.05) is 19.7 Å². The van der Waals surface area contributed by atoms with E-state index in [0.717, 1.165) is 43.3 Å². The first-order chi connectivity index (χ1) is 14.0. The molecule has 1 aromatic carbocycles. The summed E-state index contributed by atoms with van der Waals surface area (Å²) in [6.07, 6.45) is 8.34. The third-order valence-corrected chi connectivity index (χ3v) is 7.26. The first-order valence-electron chi connectivity index (χ1n) is 11.5. The van der Waals surface area contributed by atoms with Crippen molar-refractivity contribution in [3.63, 3.8) is 0 Å². The third kappa shape index (κ3) is 5.35. The van der Waals surface area contributed by atoms with Crippen molar-refractivity contribution in [2.45, 2.75) is 82.5 Å². The molecular weight excluding hydrogens is 375 g/mol. The van der Waals surface area contributed by atoms with Crippen LogP contribution in [0.4, 0.5) is 13.2 Å². The summed E-state index contributed by atoms with van der Waals surface area (Å²) in [5, 5.41) is 0. The van der Waals surface area contributed by atoms with Crippen LogP contribution in [0.15, 0.2) is 24.3 Å². The second-order valence-electron chi connectivity index (χ2n) is 9.38. The summed E-state index contributed by atoms with van der Waals surface area (Å²) < 4.78 is 45.1. The molecule has 0 bridgehead atoms. The zero-order valence-electron chi connectivity index (χ0n) is 17.3. The molecule has 5 heteroatoms. The van der Waals surface area contributed by atoms with E-state index in [1.807, 2.05) is 0 Å². The Kier molecular flexibility index (Phi) is 6.85. The number of ether oxygens (including phenoxy) is 1. The average molecular weight is 410 g/mol. The Morgan fingerprint density at radius 3 is 1.86 bits per heavy atom. The fraction of sp³-hybridized carbons (Fsp3) is 0.750. The quantitative estimate of drug-likeness (QED) is 0.524. The zero-order valence-corrected chi connectivity index (χ0v) is 17.3.